The minimum atomic E-state index is 0.194. The second-order valence-corrected chi connectivity index (χ2v) is 3.88. The van der Waals surface area contributed by atoms with Gasteiger partial charge in [0, 0.05) is 0 Å². The van der Waals surface area contributed by atoms with Gasteiger partial charge < -0.3 is 0 Å². The summed E-state index contributed by atoms with van der Waals surface area (Å²) in [5.74, 6) is 0. The van der Waals surface area contributed by atoms with E-state index in [0.29, 0.717) is 4.62 Å². The summed E-state index contributed by atoms with van der Waals surface area (Å²) in [4.78, 5) is 3.93. The third kappa shape index (κ3) is 1.29. The second-order valence-electron chi connectivity index (χ2n) is 2.01. The first-order valence-corrected chi connectivity index (χ1v) is 4.50. The van der Waals surface area contributed by atoms with E-state index in [1.54, 1.807) is 0 Å². The van der Waals surface area contributed by atoms with Crippen molar-refractivity contribution in [3.63, 3.8) is 0 Å². The first kappa shape index (κ1) is 6.72. The Bertz CT molecular complexity index is 195. The number of hydrogen-bond donors (Lipinski definition) is 1. The van der Waals surface area contributed by atoms with Crippen LogP contribution in [-0.4, -0.2) is 33.7 Å². The average molecular weight is 190 g/mol. The Hall–Kier alpha value is -0.401. The molecule has 1 aromatic rings. The molecule has 0 aliphatic rings. The Kier molecular flexibility index (Phi) is 1.84. The molecular formula is C6H9NOSe. The van der Waals surface area contributed by atoms with Crippen LogP contribution in [0.2, 0.25) is 0 Å². The third-order valence-corrected chi connectivity index (χ3v) is 2.58. The van der Waals surface area contributed by atoms with Gasteiger partial charge in [-0.1, -0.05) is 0 Å². The molecule has 0 spiro atoms. The fourth-order valence-electron chi connectivity index (χ4n) is 0.635. The molecule has 0 radical (unpaired) electrons. The van der Waals surface area contributed by atoms with E-state index >= 15 is 0 Å². The fourth-order valence-corrected chi connectivity index (χ4v) is 2.10. The van der Waals surface area contributed by atoms with Crippen LogP contribution in [-0.2, 0) is 0 Å². The van der Waals surface area contributed by atoms with Crippen molar-refractivity contribution < 1.29 is 5.11 Å². The van der Waals surface area contributed by atoms with Gasteiger partial charge in [0.2, 0.25) is 0 Å². The normalized spacial score (nSPS) is 9.56. The van der Waals surface area contributed by atoms with Gasteiger partial charge in [-0.3, -0.25) is 0 Å². The van der Waals surface area contributed by atoms with Gasteiger partial charge in [-0.05, 0) is 0 Å². The molecule has 0 bridgehead atoms. The van der Waals surface area contributed by atoms with Gasteiger partial charge in [0.25, 0.3) is 0 Å². The van der Waals surface area contributed by atoms with E-state index in [9.17, 15) is 0 Å². The van der Waals surface area contributed by atoms with Gasteiger partial charge in [0.05, 0.1) is 0 Å². The topological polar surface area (TPSA) is 23.5 Å². The SMILES string of the molecule is CN(C)c1cc[se]c1O. The Morgan fingerprint density at radius 1 is 1.56 bits per heavy atom. The molecule has 0 saturated heterocycles. The monoisotopic (exact) mass is 191 g/mol. The zero-order chi connectivity index (χ0) is 6.85. The third-order valence-electron chi connectivity index (χ3n) is 1.11. The van der Waals surface area contributed by atoms with E-state index < -0.39 is 0 Å². The van der Waals surface area contributed by atoms with E-state index in [1.165, 1.54) is 0 Å². The molecule has 0 aliphatic heterocycles. The molecule has 0 unspecified atom stereocenters. The summed E-state index contributed by atoms with van der Waals surface area (Å²) in [6.07, 6.45) is 0. The summed E-state index contributed by atoms with van der Waals surface area (Å²) in [7, 11) is 3.86. The first-order chi connectivity index (χ1) is 4.22. The molecule has 9 heavy (non-hydrogen) atoms. The zero-order valence-corrected chi connectivity index (χ0v) is 7.17. The molecule has 0 amide bonds. The molecule has 0 atom stereocenters. The Morgan fingerprint density at radius 2 is 2.22 bits per heavy atom. The summed E-state index contributed by atoms with van der Waals surface area (Å²) >= 11 is 0.194. The van der Waals surface area contributed by atoms with Crippen molar-refractivity contribution in [1.29, 1.82) is 0 Å². The standard InChI is InChI=1S/C6H9NOSe/c1-7(2)5-3-4-9-6(5)8/h3-4,8H,1-2H3. The van der Waals surface area contributed by atoms with Crippen molar-refractivity contribution in [2.24, 2.45) is 0 Å². The van der Waals surface area contributed by atoms with Gasteiger partial charge in [0.15, 0.2) is 0 Å². The first-order valence-electron chi connectivity index (χ1n) is 2.65. The van der Waals surface area contributed by atoms with Gasteiger partial charge in [0.1, 0.15) is 0 Å². The maximum atomic E-state index is 9.16. The molecule has 3 heteroatoms. The molecule has 1 aromatic heterocycles. The van der Waals surface area contributed by atoms with Crippen LogP contribution in [0.15, 0.2) is 11.0 Å². The minimum absolute atomic E-state index is 0.194. The number of nitrogens with zero attached hydrogens (tertiary/aromatic N) is 1. The fraction of sp³-hybridized carbons (Fsp3) is 0.333. The summed E-state index contributed by atoms with van der Waals surface area (Å²) in [6.45, 7) is 0. The van der Waals surface area contributed by atoms with Crippen molar-refractivity contribution in [2.75, 3.05) is 19.0 Å². The molecule has 50 valence electrons. The van der Waals surface area contributed by atoms with Crippen LogP contribution in [0, 0.1) is 0 Å². The predicted molar refractivity (Wildman–Crippen MR) is 39.4 cm³/mol. The van der Waals surface area contributed by atoms with Gasteiger partial charge in [-0.25, -0.2) is 0 Å². The average Bonchev–Trinajstić information content (AvgIpc) is 2.13. The summed E-state index contributed by atoms with van der Waals surface area (Å²) in [5, 5.41) is 9.16. The van der Waals surface area contributed by atoms with Crippen molar-refractivity contribution in [2.45, 2.75) is 0 Å². The van der Waals surface area contributed by atoms with Gasteiger partial charge >= 0.3 is 59.9 Å². The molecule has 0 fully saturated rings. The molecule has 1 N–H and O–H groups in total. The molecule has 0 aromatic carbocycles. The predicted octanol–water partition coefficient (Wildman–Crippen LogP) is 0.515. The zero-order valence-electron chi connectivity index (χ0n) is 5.46. The summed E-state index contributed by atoms with van der Waals surface area (Å²) in [5.41, 5.74) is 0.954. The van der Waals surface area contributed by atoms with E-state index in [4.69, 9.17) is 5.11 Å². The number of rotatable bonds is 1. The van der Waals surface area contributed by atoms with Crippen molar-refractivity contribution >= 4 is 20.2 Å². The van der Waals surface area contributed by atoms with Gasteiger partial charge in [-0.2, -0.15) is 0 Å². The van der Waals surface area contributed by atoms with E-state index in [-0.39, 0.29) is 14.5 Å². The van der Waals surface area contributed by atoms with Crippen LogP contribution in [0.3, 0.4) is 0 Å². The van der Waals surface area contributed by atoms with E-state index in [1.807, 2.05) is 30.0 Å². The Morgan fingerprint density at radius 3 is 2.44 bits per heavy atom. The van der Waals surface area contributed by atoms with Gasteiger partial charge in [-0.15, -0.1) is 0 Å². The van der Waals surface area contributed by atoms with E-state index in [0.717, 1.165) is 5.69 Å². The second kappa shape index (κ2) is 2.46. The van der Waals surface area contributed by atoms with Crippen molar-refractivity contribution in [3.05, 3.63) is 11.0 Å². The Balaban J connectivity index is 2.94. The maximum absolute atomic E-state index is 9.16. The molecule has 1 rings (SSSR count). The molecule has 2 nitrogen and oxygen atoms in total. The van der Waals surface area contributed by atoms with Crippen molar-refractivity contribution in [3.8, 4) is 4.62 Å². The number of aromatic hydroxyl groups is 1. The Labute approximate surface area is 60.5 Å². The summed E-state index contributed by atoms with van der Waals surface area (Å²) < 4.78 is 0.535. The number of hydrogen-bond acceptors (Lipinski definition) is 2. The molecule has 0 saturated carbocycles. The van der Waals surface area contributed by atoms with Crippen LogP contribution in [0.4, 0.5) is 5.69 Å². The van der Waals surface area contributed by atoms with Crippen LogP contribution in [0.1, 0.15) is 0 Å². The molecule has 1 heterocycles. The van der Waals surface area contributed by atoms with Crippen LogP contribution in [0.5, 0.6) is 4.62 Å². The molecule has 0 aliphatic carbocycles. The van der Waals surface area contributed by atoms with Crippen LogP contribution in [0.25, 0.3) is 0 Å². The van der Waals surface area contributed by atoms with E-state index in [2.05, 4.69) is 0 Å². The van der Waals surface area contributed by atoms with Crippen LogP contribution >= 0.6 is 0 Å². The molecular weight excluding hydrogens is 181 g/mol. The van der Waals surface area contributed by atoms with Crippen molar-refractivity contribution in [1.82, 2.24) is 0 Å². The number of anilines is 1. The summed E-state index contributed by atoms with van der Waals surface area (Å²) in [6, 6.07) is 1.95. The quantitative estimate of drug-likeness (QED) is 0.652. The van der Waals surface area contributed by atoms with Crippen LogP contribution < -0.4 is 4.90 Å².